The van der Waals surface area contributed by atoms with Gasteiger partial charge < -0.3 is 5.32 Å². The summed E-state index contributed by atoms with van der Waals surface area (Å²) in [6, 6.07) is 25.2. The zero-order valence-electron chi connectivity index (χ0n) is 24.7. The maximum atomic E-state index is 13.6. The van der Waals surface area contributed by atoms with Gasteiger partial charge >= 0.3 is 0 Å². The van der Waals surface area contributed by atoms with Crippen molar-refractivity contribution in [2.75, 3.05) is 16.2 Å². The van der Waals surface area contributed by atoms with Crippen LogP contribution in [-0.4, -0.2) is 31.5 Å². The Bertz CT molecular complexity index is 1970. The van der Waals surface area contributed by atoms with E-state index in [1.54, 1.807) is 13.0 Å². The molecule has 234 valence electrons. The zero-order valence-corrected chi connectivity index (χ0v) is 25.5. The van der Waals surface area contributed by atoms with E-state index in [2.05, 4.69) is 28.0 Å². The molecule has 10 nitrogen and oxygen atoms in total. The number of allylic oxidation sites excluding steroid dienone is 2. The van der Waals surface area contributed by atoms with E-state index in [9.17, 15) is 27.7 Å². The number of benzene rings is 4. The minimum absolute atomic E-state index is 0.0172. The van der Waals surface area contributed by atoms with Crippen molar-refractivity contribution in [3.8, 4) is 0 Å². The van der Waals surface area contributed by atoms with E-state index in [4.69, 9.17) is 0 Å². The lowest BCUT2D eigenvalue weighted by Crippen LogP contribution is -2.40. The Hall–Kier alpha value is -5.36. The fraction of sp³-hybridized carbons (Fsp3) is 0.176. The number of nitro benzene ring substituents is 1. The second-order valence-corrected chi connectivity index (χ2v) is 13.0. The first-order valence-electron chi connectivity index (χ1n) is 14.6. The van der Waals surface area contributed by atoms with E-state index in [1.807, 2.05) is 30.3 Å². The van der Waals surface area contributed by atoms with Gasteiger partial charge in [-0.15, -0.1) is 0 Å². The van der Waals surface area contributed by atoms with E-state index >= 15 is 0 Å². The molecule has 6 rings (SSSR count). The van der Waals surface area contributed by atoms with Gasteiger partial charge in [0.05, 0.1) is 21.6 Å². The number of fused-ring (bicyclic) bond motifs is 3. The first-order chi connectivity index (χ1) is 22.1. The number of nitrogens with one attached hydrogen (secondary N) is 2. The molecule has 2 N–H and O–H groups in total. The summed E-state index contributed by atoms with van der Waals surface area (Å²) in [5, 5.41) is 19.6. The van der Waals surface area contributed by atoms with E-state index < -0.39 is 33.1 Å². The van der Waals surface area contributed by atoms with Gasteiger partial charge in [0.1, 0.15) is 18.0 Å². The quantitative estimate of drug-likeness (QED) is 0.0956. The molecule has 0 spiro atoms. The van der Waals surface area contributed by atoms with Crippen molar-refractivity contribution in [3.63, 3.8) is 0 Å². The van der Waals surface area contributed by atoms with Crippen LogP contribution in [0.3, 0.4) is 0 Å². The first kappa shape index (κ1) is 30.7. The van der Waals surface area contributed by atoms with Gasteiger partial charge in [-0.05, 0) is 78.4 Å². The van der Waals surface area contributed by atoms with Gasteiger partial charge in [0.2, 0.25) is 0 Å². The van der Waals surface area contributed by atoms with Crippen LogP contribution in [0.5, 0.6) is 0 Å². The summed E-state index contributed by atoms with van der Waals surface area (Å²) in [5.74, 6) is -0.686. The third-order valence-corrected chi connectivity index (χ3v) is 10.1. The average Bonchev–Trinajstić information content (AvgIpc) is 3.57. The normalized spacial score (nSPS) is 18.7. The highest BCUT2D eigenvalue weighted by Gasteiger charge is 2.38. The molecule has 12 heteroatoms. The van der Waals surface area contributed by atoms with Crippen LogP contribution in [0.1, 0.15) is 42.0 Å². The molecule has 4 aromatic rings. The van der Waals surface area contributed by atoms with Crippen LogP contribution in [0.15, 0.2) is 119 Å². The molecule has 4 aromatic carbocycles. The number of sulfonamides is 1. The van der Waals surface area contributed by atoms with Gasteiger partial charge in [0.15, 0.2) is 0 Å². The molecule has 46 heavy (non-hydrogen) atoms. The van der Waals surface area contributed by atoms with Crippen molar-refractivity contribution in [2.24, 2.45) is 11.0 Å². The number of para-hydroxylation sites is 2. The number of amides is 1. The Morgan fingerprint density at radius 1 is 1.04 bits per heavy atom. The zero-order chi connectivity index (χ0) is 32.4. The van der Waals surface area contributed by atoms with Crippen molar-refractivity contribution in [1.82, 2.24) is 5.43 Å². The summed E-state index contributed by atoms with van der Waals surface area (Å²) >= 11 is 0. The number of carbonyl (C=O) groups is 1. The molecule has 0 saturated heterocycles. The number of hydrazone groups is 1. The van der Waals surface area contributed by atoms with Crippen LogP contribution in [0.4, 0.5) is 21.5 Å². The van der Waals surface area contributed by atoms with Crippen LogP contribution in [-0.2, 0) is 14.8 Å². The molecule has 0 radical (unpaired) electrons. The molecule has 0 saturated carbocycles. The van der Waals surface area contributed by atoms with E-state index in [0.29, 0.717) is 5.71 Å². The molecule has 3 atom stereocenters. The largest absolute Gasteiger partial charge is 0.378 e. The monoisotopic (exact) mass is 639 g/mol. The molecule has 1 aliphatic heterocycles. The number of carbonyl (C=O) groups excluding carboxylic acids is 1. The Morgan fingerprint density at radius 3 is 2.50 bits per heavy atom. The second kappa shape index (κ2) is 12.6. The summed E-state index contributed by atoms with van der Waals surface area (Å²) in [7, 11) is -4.35. The van der Waals surface area contributed by atoms with Crippen LogP contribution in [0.25, 0.3) is 0 Å². The van der Waals surface area contributed by atoms with Gasteiger partial charge in [-0.25, -0.2) is 22.5 Å². The van der Waals surface area contributed by atoms with Gasteiger partial charge in [0, 0.05) is 17.7 Å². The summed E-state index contributed by atoms with van der Waals surface area (Å²) in [4.78, 5) is 24.1. The molecular formula is C34H30FN5O5S. The lowest BCUT2D eigenvalue weighted by atomic mass is 9.76. The number of hydrogen-bond acceptors (Lipinski definition) is 7. The van der Waals surface area contributed by atoms with Crippen LogP contribution in [0, 0.1) is 21.8 Å². The Morgan fingerprint density at radius 2 is 1.76 bits per heavy atom. The van der Waals surface area contributed by atoms with Crippen molar-refractivity contribution < 1.29 is 22.5 Å². The van der Waals surface area contributed by atoms with Crippen LogP contribution in [0.2, 0.25) is 0 Å². The minimum Gasteiger partial charge on any atom is -0.378 e. The minimum atomic E-state index is -4.35. The summed E-state index contributed by atoms with van der Waals surface area (Å²) in [6.07, 6.45) is 5.21. The van der Waals surface area contributed by atoms with Crippen LogP contribution >= 0.6 is 0 Å². The second-order valence-electron chi connectivity index (χ2n) is 11.1. The molecule has 2 aliphatic rings. The average molecular weight is 640 g/mol. The van der Waals surface area contributed by atoms with Crippen LogP contribution < -0.4 is 15.0 Å². The molecule has 0 bridgehead atoms. The van der Waals surface area contributed by atoms with Gasteiger partial charge in [-0.3, -0.25) is 14.9 Å². The highest BCUT2D eigenvalue weighted by molar-refractivity contribution is 7.92. The van der Waals surface area contributed by atoms with Gasteiger partial charge in [-0.1, -0.05) is 60.7 Å². The SMILES string of the molecule is C/C(=N/NC(=O)CN(c1ccccc1[N+](=O)[O-])S(=O)(=O)c1ccccc1)c1ccc2c(c1)[C@H]1C=CC[C@H]1[C@H](c1ccc(F)cc1)N2. The molecule has 1 aliphatic carbocycles. The molecule has 0 unspecified atom stereocenters. The van der Waals surface area contributed by atoms with Crippen molar-refractivity contribution in [2.45, 2.75) is 30.2 Å². The Kier molecular flexibility index (Phi) is 8.37. The van der Waals surface area contributed by atoms with Crippen molar-refractivity contribution in [1.29, 1.82) is 0 Å². The maximum absolute atomic E-state index is 13.6. The number of anilines is 2. The third kappa shape index (κ3) is 5.98. The number of nitrogens with zero attached hydrogens (tertiary/aromatic N) is 3. The van der Waals surface area contributed by atoms with Crippen molar-refractivity contribution in [3.05, 3.63) is 142 Å². The van der Waals surface area contributed by atoms with E-state index in [0.717, 1.165) is 33.1 Å². The lowest BCUT2D eigenvalue weighted by Gasteiger charge is -2.37. The number of halogens is 1. The Labute approximate surface area is 265 Å². The lowest BCUT2D eigenvalue weighted by molar-refractivity contribution is -0.384. The van der Waals surface area contributed by atoms with E-state index in [-0.39, 0.29) is 34.3 Å². The maximum Gasteiger partial charge on any atom is 0.293 e. The highest BCUT2D eigenvalue weighted by atomic mass is 32.2. The van der Waals surface area contributed by atoms with Gasteiger partial charge in [-0.2, -0.15) is 5.10 Å². The summed E-state index contributed by atoms with van der Waals surface area (Å²) in [5.41, 5.74) is 6.01. The fourth-order valence-electron chi connectivity index (χ4n) is 6.04. The number of nitro groups is 1. The summed E-state index contributed by atoms with van der Waals surface area (Å²) in [6.45, 7) is 0.981. The standard InChI is InChI=1S/C34H30FN5O5S/c1-22(24-16-19-30-29(20-24)27-10-7-11-28(27)34(36-30)23-14-17-25(35)18-15-23)37-38-33(41)21-39(31-12-5-6-13-32(31)40(42)43)46(44,45)26-8-3-2-4-9-26/h2-10,12-20,27-28,34,36H,11,21H2,1H3,(H,38,41)/b37-22-/t27-,28+,34-/m0/s1. The highest BCUT2D eigenvalue weighted by Crippen LogP contribution is 2.50. The number of rotatable bonds is 9. The molecule has 1 heterocycles. The van der Waals surface area contributed by atoms with Crippen molar-refractivity contribution >= 4 is 38.7 Å². The van der Waals surface area contributed by atoms with Gasteiger partial charge in [0.25, 0.3) is 21.6 Å². The predicted molar refractivity (Wildman–Crippen MR) is 174 cm³/mol. The fourth-order valence-corrected chi connectivity index (χ4v) is 7.50. The van der Waals surface area contributed by atoms with E-state index in [1.165, 1.54) is 60.7 Å². The molecule has 0 aromatic heterocycles. The topological polar surface area (TPSA) is 134 Å². The third-order valence-electron chi connectivity index (χ3n) is 8.32. The number of hydrogen-bond donors (Lipinski definition) is 2. The smallest absolute Gasteiger partial charge is 0.293 e. The first-order valence-corrected chi connectivity index (χ1v) is 16.0. The molecule has 1 amide bonds. The summed E-state index contributed by atoms with van der Waals surface area (Å²) < 4.78 is 41.5. The molecular weight excluding hydrogens is 609 g/mol. The molecule has 0 fully saturated rings. The predicted octanol–water partition coefficient (Wildman–Crippen LogP) is 6.30. The Balaban J connectivity index is 1.24.